The SMILES string of the molecule is CCc1cc(C(=O)NC(C)c2noc(-c3ccccc3)n2)cc(=O)[nH]1. The number of aromatic nitrogens is 3. The van der Waals surface area contributed by atoms with Crippen LogP contribution in [0.3, 0.4) is 0 Å². The Morgan fingerprint density at radius 3 is 2.76 bits per heavy atom. The van der Waals surface area contributed by atoms with Crippen molar-refractivity contribution in [3.8, 4) is 11.5 Å². The fourth-order valence-electron chi connectivity index (χ4n) is 2.38. The minimum absolute atomic E-state index is 0.303. The highest BCUT2D eigenvalue weighted by molar-refractivity contribution is 5.94. The molecule has 0 spiro atoms. The molecule has 25 heavy (non-hydrogen) atoms. The van der Waals surface area contributed by atoms with Crippen molar-refractivity contribution in [1.82, 2.24) is 20.4 Å². The van der Waals surface area contributed by atoms with Gasteiger partial charge in [0.2, 0.25) is 5.56 Å². The van der Waals surface area contributed by atoms with E-state index in [9.17, 15) is 9.59 Å². The molecule has 0 saturated carbocycles. The molecule has 2 N–H and O–H groups in total. The number of nitrogens with zero attached hydrogens (tertiary/aromatic N) is 2. The number of aryl methyl sites for hydroxylation is 1. The van der Waals surface area contributed by atoms with Crippen LogP contribution < -0.4 is 10.9 Å². The number of benzene rings is 1. The van der Waals surface area contributed by atoms with Crippen LogP contribution in [0.15, 0.2) is 51.8 Å². The topological polar surface area (TPSA) is 101 Å². The molecule has 0 aliphatic carbocycles. The highest BCUT2D eigenvalue weighted by Gasteiger charge is 2.18. The Bertz CT molecular complexity index is 931. The number of hydrogen-bond donors (Lipinski definition) is 2. The van der Waals surface area contributed by atoms with E-state index < -0.39 is 6.04 Å². The van der Waals surface area contributed by atoms with Crippen LogP contribution in [0.25, 0.3) is 11.5 Å². The molecule has 0 bridgehead atoms. The number of amides is 1. The maximum atomic E-state index is 12.4. The second kappa shape index (κ2) is 7.12. The third-order valence-electron chi connectivity index (χ3n) is 3.74. The lowest BCUT2D eigenvalue weighted by Crippen LogP contribution is -2.28. The van der Waals surface area contributed by atoms with E-state index in [1.165, 1.54) is 6.07 Å². The minimum atomic E-state index is -0.460. The summed E-state index contributed by atoms with van der Waals surface area (Å²) in [6.07, 6.45) is 0.636. The number of hydrogen-bond acceptors (Lipinski definition) is 5. The fraction of sp³-hybridized carbons (Fsp3) is 0.222. The molecule has 2 heterocycles. The predicted molar refractivity (Wildman–Crippen MR) is 92.1 cm³/mol. The Morgan fingerprint density at radius 2 is 2.04 bits per heavy atom. The van der Waals surface area contributed by atoms with Crippen molar-refractivity contribution in [2.24, 2.45) is 0 Å². The molecule has 3 rings (SSSR count). The molecule has 0 saturated heterocycles. The average molecular weight is 338 g/mol. The zero-order valence-corrected chi connectivity index (χ0v) is 13.9. The Morgan fingerprint density at radius 1 is 1.28 bits per heavy atom. The van der Waals surface area contributed by atoms with Gasteiger partial charge in [-0.25, -0.2) is 0 Å². The van der Waals surface area contributed by atoms with E-state index in [0.29, 0.717) is 29.4 Å². The summed E-state index contributed by atoms with van der Waals surface area (Å²) < 4.78 is 5.25. The maximum Gasteiger partial charge on any atom is 0.257 e. The van der Waals surface area contributed by atoms with Crippen molar-refractivity contribution in [3.63, 3.8) is 0 Å². The summed E-state index contributed by atoms with van der Waals surface area (Å²) in [5.41, 5.74) is 1.51. The summed E-state index contributed by atoms with van der Waals surface area (Å²) in [5.74, 6) is 0.397. The Labute approximate surface area is 144 Å². The highest BCUT2D eigenvalue weighted by Crippen LogP contribution is 2.19. The third kappa shape index (κ3) is 3.82. The van der Waals surface area contributed by atoms with Gasteiger partial charge in [-0.05, 0) is 31.5 Å². The van der Waals surface area contributed by atoms with Gasteiger partial charge in [-0.15, -0.1) is 0 Å². The van der Waals surface area contributed by atoms with Crippen LogP contribution in [0.1, 0.15) is 41.8 Å². The number of rotatable bonds is 5. The summed E-state index contributed by atoms with van der Waals surface area (Å²) in [4.78, 5) is 31.0. The number of H-pyrrole nitrogens is 1. The summed E-state index contributed by atoms with van der Waals surface area (Å²) in [6.45, 7) is 3.66. The van der Waals surface area contributed by atoms with Gasteiger partial charge in [0.1, 0.15) is 0 Å². The Hall–Kier alpha value is -3.22. The van der Waals surface area contributed by atoms with E-state index in [-0.39, 0.29) is 11.5 Å². The lowest BCUT2D eigenvalue weighted by atomic mass is 10.1. The predicted octanol–water partition coefficient (Wildman–Crippen LogP) is 2.48. The standard InChI is InChI=1S/C18H18N4O3/c1-3-14-9-13(10-15(23)20-14)17(24)19-11(2)16-21-18(25-22-16)12-7-5-4-6-8-12/h4-11H,3H2,1-2H3,(H,19,24)(H,20,23). The molecule has 1 unspecified atom stereocenters. The molecule has 1 aromatic carbocycles. The van der Waals surface area contributed by atoms with Gasteiger partial charge in [0.25, 0.3) is 11.8 Å². The smallest absolute Gasteiger partial charge is 0.257 e. The van der Waals surface area contributed by atoms with Crippen LogP contribution in [0.5, 0.6) is 0 Å². The van der Waals surface area contributed by atoms with Crippen LogP contribution in [0, 0.1) is 0 Å². The molecule has 1 amide bonds. The molecule has 7 heteroatoms. The summed E-state index contributed by atoms with van der Waals surface area (Å²) in [7, 11) is 0. The van der Waals surface area contributed by atoms with Crippen molar-refractivity contribution in [3.05, 3.63) is 69.9 Å². The molecule has 0 fully saturated rings. The molecule has 3 aromatic rings. The van der Waals surface area contributed by atoms with Gasteiger partial charge in [-0.2, -0.15) is 4.98 Å². The van der Waals surface area contributed by atoms with E-state index in [1.54, 1.807) is 13.0 Å². The molecule has 0 aliphatic rings. The Kier molecular flexibility index (Phi) is 4.74. The van der Waals surface area contributed by atoms with E-state index in [0.717, 1.165) is 5.56 Å². The quantitative estimate of drug-likeness (QED) is 0.744. The van der Waals surface area contributed by atoms with Gasteiger partial charge in [0.05, 0.1) is 6.04 Å². The second-order valence-electron chi connectivity index (χ2n) is 5.63. The summed E-state index contributed by atoms with van der Waals surface area (Å²) >= 11 is 0. The number of pyridine rings is 1. The first-order chi connectivity index (χ1) is 12.1. The summed E-state index contributed by atoms with van der Waals surface area (Å²) in [6, 6.07) is 11.9. The first kappa shape index (κ1) is 16.6. The van der Waals surface area contributed by atoms with Crippen LogP contribution in [-0.2, 0) is 6.42 Å². The number of aromatic amines is 1. The van der Waals surface area contributed by atoms with Gasteiger partial charge < -0.3 is 14.8 Å². The van der Waals surface area contributed by atoms with Crippen molar-refractivity contribution in [2.45, 2.75) is 26.3 Å². The number of carbonyl (C=O) groups excluding carboxylic acids is 1. The largest absolute Gasteiger partial charge is 0.342 e. The van der Waals surface area contributed by atoms with E-state index in [1.807, 2.05) is 37.3 Å². The van der Waals surface area contributed by atoms with Crippen LogP contribution in [0.2, 0.25) is 0 Å². The first-order valence-electron chi connectivity index (χ1n) is 8.00. The summed E-state index contributed by atoms with van der Waals surface area (Å²) in [5, 5.41) is 6.70. The number of carbonyl (C=O) groups is 1. The van der Waals surface area contributed by atoms with E-state index >= 15 is 0 Å². The molecule has 2 aromatic heterocycles. The van der Waals surface area contributed by atoms with E-state index in [2.05, 4.69) is 20.4 Å². The highest BCUT2D eigenvalue weighted by atomic mass is 16.5. The minimum Gasteiger partial charge on any atom is -0.342 e. The maximum absolute atomic E-state index is 12.4. The van der Waals surface area contributed by atoms with Crippen molar-refractivity contribution >= 4 is 5.91 Å². The molecule has 1 atom stereocenters. The van der Waals surface area contributed by atoms with Gasteiger partial charge in [-0.1, -0.05) is 30.3 Å². The van der Waals surface area contributed by atoms with Crippen LogP contribution in [0.4, 0.5) is 0 Å². The van der Waals surface area contributed by atoms with Gasteiger partial charge >= 0.3 is 0 Å². The fourth-order valence-corrected chi connectivity index (χ4v) is 2.38. The van der Waals surface area contributed by atoms with Crippen LogP contribution >= 0.6 is 0 Å². The molecular formula is C18H18N4O3. The average Bonchev–Trinajstić information content (AvgIpc) is 3.12. The lowest BCUT2D eigenvalue weighted by molar-refractivity contribution is 0.0937. The van der Waals surface area contributed by atoms with Crippen molar-refractivity contribution < 1.29 is 9.32 Å². The third-order valence-corrected chi connectivity index (χ3v) is 3.74. The van der Waals surface area contributed by atoms with Crippen molar-refractivity contribution in [2.75, 3.05) is 0 Å². The van der Waals surface area contributed by atoms with Gasteiger partial charge in [0, 0.05) is 22.9 Å². The Balaban J connectivity index is 1.75. The molecular weight excluding hydrogens is 320 g/mol. The molecule has 0 aliphatic heterocycles. The van der Waals surface area contributed by atoms with Gasteiger partial charge in [-0.3, -0.25) is 9.59 Å². The normalized spacial score (nSPS) is 11.9. The zero-order valence-electron chi connectivity index (χ0n) is 13.9. The monoisotopic (exact) mass is 338 g/mol. The van der Waals surface area contributed by atoms with Gasteiger partial charge in [0.15, 0.2) is 5.82 Å². The van der Waals surface area contributed by atoms with Crippen molar-refractivity contribution in [1.29, 1.82) is 0 Å². The first-order valence-corrected chi connectivity index (χ1v) is 8.00. The zero-order chi connectivity index (χ0) is 17.8. The van der Waals surface area contributed by atoms with Crippen LogP contribution in [-0.4, -0.2) is 21.0 Å². The molecule has 7 nitrogen and oxygen atoms in total. The molecule has 128 valence electrons. The number of nitrogens with one attached hydrogen (secondary N) is 2. The lowest BCUT2D eigenvalue weighted by Gasteiger charge is -2.10. The van der Waals surface area contributed by atoms with E-state index in [4.69, 9.17) is 4.52 Å². The molecule has 0 radical (unpaired) electrons. The second-order valence-corrected chi connectivity index (χ2v) is 5.63.